The lowest BCUT2D eigenvalue weighted by Crippen LogP contribution is -2.20. The van der Waals surface area contributed by atoms with Gasteiger partial charge in [-0.3, -0.25) is 4.79 Å². The molecule has 0 spiro atoms. The van der Waals surface area contributed by atoms with Gasteiger partial charge in [-0.05, 0) is 22.6 Å². The molecule has 0 unspecified atom stereocenters. The first-order valence-electron chi connectivity index (χ1n) is 6.49. The summed E-state index contributed by atoms with van der Waals surface area (Å²) in [6, 6.07) is 18.8. The number of amides is 1. The predicted octanol–water partition coefficient (Wildman–Crippen LogP) is 1.98. The second kappa shape index (κ2) is 5.96. The minimum Gasteiger partial charge on any atom is -0.324 e. The summed E-state index contributed by atoms with van der Waals surface area (Å²) in [7, 11) is 0. The zero-order valence-corrected chi connectivity index (χ0v) is 11.2. The molecule has 3 aromatic rings. The maximum absolute atomic E-state index is 12.0. The summed E-state index contributed by atoms with van der Waals surface area (Å²) >= 11 is 0. The predicted molar refractivity (Wildman–Crippen MR) is 78.3 cm³/mol. The van der Waals surface area contributed by atoms with Gasteiger partial charge in [0.2, 0.25) is 5.91 Å². The van der Waals surface area contributed by atoms with Crippen molar-refractivity contribution in [1.29, 1.82) is 0 Å². The molecule has 0 radical (unpaired) electrons. The molecule has 1 heterocycles. The maximum Gasteiger partial charge on any atom is 0.246 e. The standard InChI is InChI=1S/C15H13N5O/c21-14(16-13-9-5-2-6-10-13)11-20-15(17-18-19-20)12-7-3-1-4-8-12/h1-10H,11H2,(H,16,21). The molecular weight excluding hydrogens is 266 g/mol. The fourth-order valence-corrected chi connectivity index (χ4v) is 1.96. The van der Waals surface area contributed by atoms with Gasteiger partial charge in [0.05, 0.1) is 0 Å². The fraction of sp³-hybridized carbons (Fsp3) is 0.0667. The van der Waals surface area contributed by atoms with Crippen LogP contribution in [0.4, 0.5) is 5.69 Å². The van der Waals surface area contributed by atoms with Gasteiger partial charge in [0.25, 0.3) is 0 Å². The molecule has 0 bridgehead atoms. The van der Waals surface area contributed by atoms with Gasteiger partial charge in [-0.15, -0.1) is 5.10 Å². The Morgan fingerprint density at radius 1 is 1.00 bits per heavy atom. The summed E-state index contributed by atoms with van der Waals surface area (Å²) in [6.45, 7) is 0.0616. The van der Waals surface area contributed by atoms with Crippen LogP contribution in [-0.4, -0.2) is 26.1 Å². The van der Waals surface area contributed by atoms with E-state index < -0.39 is 0 Å². The Kier molecular flexibility index (Phi) is 3.68. The minimum atomic E-state index is -0.175. The average Bonchev–Trinajstić information content (AvgIpc) is 2.97. The first-order valence-corrected chi connectivity index (χ1v) is 6.49. The van der Waals surface area contributed by atoms with E-state index in [0.717, 1.165) is 11.3 Å². The van der Waals surface area contributed by atoms with Gasteiger partial charge < -0.3 is 5.32 Å². The van der Waals surface area contributed by atoms with Crippen molar-refractivity contribution in [1.82, 2.24) is 20.2 Å². The molecule has 3 rings (SSSR count). The summed E-state index contributed by atoms with van der Waals surface area (Å²) in [4.78, 5) is 12.0. The van der Waals surface area contributed by atoms with E-state index in [9.17, 15) is 4.79 Å². The van der Waals surface area contributed by atoms with E-state index in [-0.39, 0.29) is 12.5 Å². The van der Waals surface area contributed by atoms with E-state index in [1.54, 1.807) is 0 Å². The van der Waals surface area contributed by atoms with E-state index in [0.29, 0.717) is 5.82 Å². The van der Waals surface area contributed by atoms with Crippen LogP contribution in [0.3, 0.4) is 0 Å². The molecule has 2 aromatic carbocycles. The van der Waals surface area contributed by atoms with Crippen LogP contribution >= 0.6 is 0 Å². The monoisotopic (exact) mass is 279 g/mol. The third-order valence-corrected chi connectivity index (χ3v) is 2.91. The summed E-state index contributed by atoms with van der Waals surface area (Å²) < 4.78 is 1.48. The Morgan fingerprint density at radius 2 is 1.67 bits per heavy atom. The molecule has 0 saturated heterocycles. The van der Waals surface area contributed by atoms with Crippen LogP contribution in [0.2, 0.25) is 0 Å². The number of rotatable bonds is 4. The van der Waals surface area contributed by atoms with Crippen molar-refractivity contribution in [2.45, 2.75) is 6.54 Å². The SMILES string of the molecule is O=C(Cn1nnnc1-c1ccccc1)Nc1ccccc1. The Labute approximate surface area is 121 Å². The smallest absolute Gasteiger partial charge is 0.246 e. The lowest BCUT2D eigenvalue weighted by molar-refractivity contribution is -0.116. The molecule has 21 heavy (non-hydrogen) atoms. The lowest BCUT2D eigenvalue weighted by Gasteiger charge is -2.06. The lowest BCUT2D eigenvalue weighted by atomic mass is 10.2. The molecule has 0 saturated carbocycles. The van der Waals surface area contributed by atoms with Gasteiger partial charge >= 0.3 is 0 Å². The van der Waals surface area contributed by atoms with Gasteiger partial charge in [-0.25, -0.2) is 4.68 Å². The van der Waals surface area contributed by atoms with Gasteiger partial charge in [0.1, 0.15) is 6.54 Å². The molecule has 0 fully saturated rings. The number of hydrogen-bond donors (Lipinski definition) is 1. The molecule has 1 N–H and O–H groups in total. The number of aromatic nitrogens is 4. The molecule has 1 amide bonds. The summed E-state index contributed by atoms with van der Waals surface area (Å²) in [6.07, 6.45) is 0. The van der Waals surface area contributed by atoms with Gasteiger partial charge in [-0.2, -0.15) is 0 Å². The zero-order chi connectivity index (χ0) is 14.5. The van der Waals surface area contributed by atoms with Gasteiger partial charge in [-0.1, -0.05) is 48.5 Å². The van der Waals surface area contributed by atoms with E-state index in [1.807, 2.05) is 60.7 Å². The second-order valence-electron chi connectivity index (χ2n) is 4.44. The number of anilines is 1. The highest BCUT2D eigenvalue weighted by Gasteiger charge is 2.12. The van der Waals surface area contributed by atoms with Crippen molar-refractivity contribution < 1.29 is 4.79 Å². The number of carbonyl (C=O) groups is 1. The van der Waals surface area contributed by atoms with Crippen molar-refractivity contribution in [3.8, 4) is 11.4 Å². The highest BCUT2D eigenvalue weighted by molar-refractivity contribution is 5.90. The summed E-state index contributed by atoms with van der Waals surface area (Å²) in [5, 5.41) is 14.3. The first-order chi connectivity index (χ1) is 10.3. The van der Waals surface area contributed by atoms with E-state index in [2.05, 4.69) is 20.8 Å². The summed E-state index contributed by atoms with van der Waals surface area (Å²) in [5.41, 5.74) is 1.62. The second-order valence-corrected chi connectivity index (χ2v) is 4.44. The van der Waals surface area contributed by atoms with Crippen LogP contribution in [-0.2, 0) is 11.3 Å². The fourth-order valence-electron chi connectivity index (χ4n) is 1.96. The quantitative estimate of drug-likeness (QED) is 0.792. The maximum atomic E-state index is 12.0. The Bertz CT molecular complexity index is 724. The largest absolute Gasteiger partial charge is 0.324 e. The molecule has 0 aliphatic heterocycles. The van der Waals surface area contributed by atoms with Crippen LogP contribution in [0.5, 0.6) is 0 Å². The zero-order valence-electron chi connectivity index (χ0n) is 11.2. The van der Waals surface area contributed by atoms with Crippen LogP contribution in [0.25, 0.3) is 11.4 Å². The molecule has 0 atom stereocenters. The van der Waals surface area contributed by atoms with Crippen molar-refractivity contribution >= 4 is 11.6 Å². The summed E-state index contributed by atoms with van der Waals surface area (Å²) in [5.74, 6) is 0.393. The number of tetrazole rings is 1. The van der Waals surface area contributed by atoms with Gasteiger partial charge in [0, 0.05) is 11.3 Å². The van der Waals surface area contributed by atoms with E-state index in [1.165, 1.54) is 4.68 Å². The number of nitrogens with one attached hydrogen (secondary N) is 1. The highest BCUT2D eigenvalue weighted by atomic mass is 16.2. The Hall–Kier alpha value is -3.02. The van der Waals surface area contributed by atoms with E-state index in [4.69, 9.17) is 0 Å². The minimum absolute atomic E-state index is 0.0616. The van der Waals surface area contributed by atoms with Crippen molar-refractivity contribution in [2.75, 3.05) is 5.32 Å². The molecule has 0 aliphatic carbocycles. The highest BCUT2D eigenvalue weighted by Crippen LogP contribution is 2.14. The number of benzene rings is 2. The van der Waals surface area contributed by atoms with Crippen molar-refractivity contribution in [3.05, 3.63) is 60.7 Å². The average molecular weight is 279 g/mol. The van der Waals surface area contributed by atoms with Crippen LogP contribution in [0.1, 0.15) is 0 Å². The van der Waals surface area contributed by atoms with Gasteiger partial charge in [0.15, 0.2) is 5.82 Å². The Balaban J connectivity index is 1.74. The number of hydrogen-bond acceptors (Lipinski definition) is 4. The van der Waals surface area contributed by atoms with Crippen LogP contribution in [0.15, 0.2) is 60.7 Å². The van der Waals surface area contributed by atoms with E-state index >= 15 is 0 Å². The first kappa shape index (κ1) is 13.0. The van der Waals surface area contributed by atoms with Crippen molar-refractivity contribution in [2.24, 2.45) is 0 Å². The molecule has 1 aromatic heterocycles. The topological polar surface area (TPSA) is 72.7 Å². The third kappa shape index (κ3) is 3.11. The molecule has 6 nitrogen and oxygen atoms in total. The third-order valence-electron chi connectivity index (χ3n) is 2.91. The van der Waals surface area contributed by atoms with Crippen LogP contribution < -0.4 is 5.32 Å². The molecule has 6 heteroatoms. The number of carbonyl (C=O) groups excluding carboxylic acids is 1. The Morgan fingerprint density at radius 3 is 2.38 bits per heavy atom. The normalized spacial score (nSPS) is 10.3. The molecule has 104 valence electrons. The number of nitrogens with zero attached hydrogens (tertiary/aromatic N) is 4. The van der Waals surface area contributed by atoms with Crippen LogP contribution in [0, 0.1) is 0 Å². The molecular formula is C15H13N5O. The van der Waals surface area contributed by atoms with Crippen molar-refractivity contribution in [3.63, 3.8) is 0 Å². The number of para-hydroxylation sites is 1. The molecule has 0 aliphatic rings.